The number of carbonyl (C=O) groups is 2. The van der Waals surface area contributed by atoms with Gasteiger partial charge in [0.2, 0.25) is 11.8 Å². The summed E-state index contributed by atoms with van der Waals surface area (Å²) in [6, 6.07) is 11.3. The number of carbonyl (C=O) groups excluding carboxylic acids is 2. The number of amides is 2. The van der Waals surface area contributed by atoms with Crippen molar-refractivity contribution in [3.8, 4) is 10.8 Å². The Morgan fingerprint density at radius 2 is 2.03 bits per heavy atom. The van der Waals surface area contributed by atoms with Crippen LogP contribution in [-0.4, -0.2) is 34.8 Å². The van der Waals surface area contributed by atoms with Crippen molar-refractivity contribution in [3.63, 3.8) is 0 Å². The van der Waals surface area contributed by atoms with Gasteiger partial charge in [0.05, 0.1) is 17.0 Å². The average Bonchev–Trinajstić information content (AvgIpc) is 3.49. The van der Waals surface area contributed by atoms with Crippen molar-refractivity contribution in [2.75, 3.05) is 13.1 Å². The van der Waals surface area contributed by atoms with Crippen molar-refractivity contribution in [3.05, 3.63) is 64.4 Å². The number of nitrogens with one attached hydrogen (secondary N) is 1. The van der Waals surface area contributed by atoms with Crippen molar-refractivity contribution < 1.29 is 14.0 Å². The van der Waals surface area contributed by atoms with Crippen LogP contribution in [0.1, 0.15) is 40.2 Å². The molecular formula is C22H23N3O3S. The lowest BCUT2D eigenvalue weighted by Gasteiger charge is -2.15. The molecule has 4 rings (SSSR count). The van der Waals surface area contributed by atoms with Gasteiger partial charge in [-0.3, -0.25) is 9.59 Å². The topological polar surface area (TPSA) is 75.4 Å². The molecule has 6 nitrogen and oxygen atoms in total. The number of benzene rings is 1. The molecule has 7 heteroatoms. The second-order valence-corrected chi connectivity index (χ2v) is 8.10. The van der Waals surface area contributed by atoms with Crippen LogP contribution in [0, 0.1) is 6.92 Å². The quantitative estimate of drug-likeness (QED) is 0.672. The van der Waals surface area contributed by atoms with Crippen LogP contribution in [0.2, 0.25) is 0 Å². The van der Waals surface area contributed by atoms with Gasteiger partial charge in [-0.25, -0.2) is 4.98 Å². The third-order valence-corrected chi connectivity index (χ3v) is 5.87. The van der Waals surface area contributed by atoms with E-state index in [9.17, 15) is 9.59 Å². The SMILES string of the molecule is Cc1oc(-c2cccs2)nc1CC(=O)NCc1cccc(C(=O)N2CCCC2)c1. The number of hydrogen-bond acceptors (Lipinski definition) is 5. The van der Waals surface area contributed by atoms with Crippen LogP contribution < -0.4 is 5.32 Å². The molecule has 1 N–H and O–H groups in total. The highest BCUT2D eigenvalue weighted by Gasteiger charge is 2.20. The number of rotatable bonds is 6. The Labute approximate surface area is 173 Å². The third-order valence-electron chi connectivity index (χ3n) is 5.01. The fraction of sp³-hybridized carbons (Fsp3) is 0.318. The van der Waals surface area contributed by atoms with E-state index >= 15 is 0 Å². The fourth-order valence-corrected chi connectivity index (χ4v) is 4.08. The maximum Gasteiger partial charge on any atom is 0.253 e. The van der Waals surface area contributed by atoms with Gasteiger partial charge in [-0.1, -0.05) is 18.2 Å². The van der Waals surface area contributed by atoms with E-state index in [1.54, 1.807) is 11.3 Å². The van der Waals surface area contributed by atoms with Gasteiger partial charge in [-0.2, -0.15) is 0 Å². The molecule has 1 aliphatic heterocycles. The third kappa shape index (κ3) is 4.56. The first-order valence-corrected chi connectivity index (χ1v) is 10.6. The van der Waals surface area contributed by atoms with Gasteiger partial charge in [0.25, 0.3) is 5.91 Å². The van der Waals surface area contributed by atoms with Gasteiger partial charge in [0.15, 0.2) is 0 Å². The smallest absolute Gasteiger partial charge is 0.253 e. The molecule has 0 saturated carbocycles. The van der Waals surface area contributed by atoms with Crippen molar-refractivity contribution in [1.82, 2.24) is 15.2 Å². The molecule has 3 aromatic rings. The highest BCUT2D eigenvalue weighted by molar-refractivity contribution is 7.13. The lowest BCUT2D eigenvalue weighted by molar-refractivity contribution is -0.120. The number of hydrogen-bond donors (Lipinski definition) is 1. The summed E-state index contributed by atoms with van der Waals surface area (Å²) in [5.74, 6) is 1.14. The van der Waals surface area contributed by atoms with Crippen molar-refractivity contribution in [1.29, 1.82) is 0 Å². The minimum Gasteiger partial charge on any atom is -0.440 e. The Morgan fingerprint density at radius 1 is 1.21 bits per heavy atom. The van der Waals surface area contributed by atoms with E-state index in [1.807, 2.05) is 53.6 Å². The molecule has 0 atom stereocenters. The van der Waals surface area contributed by atoms with Crippen LogP contribution in [-0.2, 0) is 17.8 Å². The van der Waals surface area contributed by atoms with Crippen molar-refractivity contribution in [2.45, 2.75) is 32.7 Å². The molecule has 3 heterocycles. The van der Waals surface area contributed by atoms with Gasteiger partial charge in [-0.15, -0.1) is 11.3 Å². The van der Waals surface area contributed by atoms with Crippen LogP contribution in [0.4, 0.5) is 0 Å². The number of nitrogens with zero attached hydrogens (tertiary/aromatic N) is 2. The second-order valence-electron chi connectivity index (χ2n) is 7.15. The van der Waals surface area contributed by atoms with Crippen LogP contribution in [0.5, 0.6) is 0 Å². The molecular weight excluding hydrogens is 386 g/mol. The Morgan fingerprint density at radius 3 is 2.79 bits per heavy atom. The maximum absolute atomic E-state index is 12.5. The van der Waals surface area contributed by atoms with Gasteiger partial charge < -0.3 is 14.6 Å². The first kappa shape index (κ1) is 19.4. The summed E-state index contributed by atoms with van der Waals surface area (Å²) in [6.07, 6.45) is 2.29. The van der Waals surface area contributed by atoms with Crippen LogP contribution in [0.15, 0.2) is 46.2 Å². The van der Waals surface area contributed by atoms with Crippen LogP contribution >= 0.6 is 11.3 Å². The number of thiophene rings is 1. The summed E-state index contributed by atoms with van der Waals surface area (Å²) in [5.41, 5.74) is 2.22. The molecule has 0 aliphatic carbocycles. The van der Waals surface area contributed by atoms with Crippen LogP contribution in [0.3, 0.4) is 0 Å². The maximum atomic E-state index is 12.5. The first-order valence-electron chi connectivity index (χ1n) is 9.75. The number of oxazole rings is 1. The van der Waals surface area contributed by atoms with Gasteiger partial charge in [0, 0.05) is 25.2 Å². The van der Waals surface area contributed by atoms with Gasteiger partial charge >= 0.3 is 0 Å². The lowest BCUT2D eigenvalue weighted by atomic mass is 10.1. The highest BCUT2D eigenvalue weighted by Crippen LogP contribution is 2.26. The molecule has 1 saturated heterocycles. The average molecular weight is 410 g/mol. The Hall–Kier alpha value is -2.93. The molecule has 0 radical (unpaired) electrons. The molecule has 150 valence electrons. The van der Waals surface area contributed by atoms with E-state index in [2.05, 4.69) is 10.3 Å². The molecule has 2 amide bonds. The molecule has 1 aliphatic rings. The minimum atomic E-state index is -0.129. The first-order chi connectivity index (χ1) is 14.1. The van der Waals surface area contributed by atoms with E-state index in [4.69, 9.17) is 4.42 Å². The Bertz CT molecular complexity index is 1000. The van der Waals surface area contributed by atoms with Gasteiger partial charge in [-0.05, 0) is 48.9 Å². The summed E-state index contributed by atoms with van der Waals surface area (Å²) in [7, 11) is 0. The van der Waals surface area contributed by atoms with Gasteiger partial charge in [0.1, 0.15) is 5.76 Å². The predicted octanol–water partition coefficient (Wildman–Crippen LogP) is 3.81. The van der Waals surface area contributed by atoms with Crippen LogP contribution in [0.25, 0.3) is 10.8 Å². The summed E-state index contributed by atoms with van der Waals surface area (Å²) in [6.45, 7) is 3.84. The summed E-state index contributed by atoms with van der Waals surface area (Å²) < 4.78 is 5.69. The minimum absolute atomic E-state index is 0.0648. The molecule has 2 aromatic heterocycles. The molecule has 1 fully saturated rings. The summed E-state index contributed by atoms with van der Waals surface area (Å²) >= 11 is 1.55. The zero-order chi connectivity index (χ0) is 20.2. The lowest BCUT2D eigenvalue weighted by Crippen LogP contribution is -2.28. The number of aromatic nitrogens is 1. The molecule has 0 unspecified atom stereocenters. The fourth-order valence-electron chi connectivity index (χ4n) is 3.43. The largest absolute Gasteiger partial charge is 0.440 e. The van der Waals surface area contributed by atoms with E-state index < -0.39 is 0 Å². The van der Waals surface area contributed by atoms with E-state index in [0.29, 0.717) is 29.5 Å². The molecule has 1 aromatic carbocycles. The monoisotopic (exact) mass is 409 g/mol. The van der Waals surface area contributed by atoms with E-state index in [0.717, 1.165) is 36.4 Å². The summed E-state index contributed by atoms with van der Waals surface area (Å²) in [5, 5.41) is 4.87. The predicted molar refractivity (Wildman–Crippen MR) is 112 cm³/mol. The second kappa shape index (κ2) is 8.61. The number of likely N-dealkylation sites (tertiary alicyclic amines) is 1. The Kier molecular flexibility index (Phi) is 5.76. The van der Waals surface area contributed by atoms with E-state index in [1.165, 1.54) is 0 Å². The Balaban J connectivity index is 1.35. The van der Waals surface area contributed by atoms with E-state index in [-0.39, 0.29) is 18.2 Å². The standard InChI is InChI=1S/C22H23N3O3S/c1-15-18(24-21(28-15)19-8-5-11-29-19)13-20(26)23-14-16-6-4-7-17(12-16)22(27)25-9-2-3-10-25/h4-8,11-12H,2-3,9-10,13-14H2,1H3,(H,23,26). The highest BCUT2D eigenvalue weighted by atomic mass is 32.1. The van der Waals surface area contributed by atoms with Crippen molar-refractivity contribution >= 4 is 23.2 Å². The summed E-state index contributed by atoms with van der Waals surface area (Å²) in [4.78, 5) is 32.2. The zero-order valence-electron chi connectivity index (χ0n) is 16.3. The molecule has 0 bridgehead atoms. The van der Waals surface area contributed by atoms with Crippen molar-refractivity contribution in [2.24, 2.45) is 0 Å². The normalized spacial score (nSPS) is 13.6. The molecule has 29 heavy (non-hydrogen) atoms. The zero-order valence-corrected chi connectivity index (χ0v) is 17.1. The molecule has 0 spiro atoms. The number of aryl methyl sites for hydroxylation is 1.